The van der Waals surface area contributed by atoms with Gasteiger partial charge in [-0.05, 0) is 12.3 Å². The Morgan fingerprint density at radius 3 is 1.83 bits per heavy atom. The molecule has 1 aliphatic rings. The molecule has 1 aliphatic heterocycles. The summed E-state index contributed by atoms with van der Waals surface area (Å²) in [4.78, 5) is 34.2. The fraction of sp³-hybridized carbons (Fsp3) is 0.824. The molecule has 0 bridgehead atoms. The predicted molar refractivity (Wildman–Crippen MR) is 85.0 cm³/mol. The Labute approximate surface area is 143 Å². The van der Waals surface area contributed by atoms with Crippen LogP contribution in [0.15, 0.2) is 0 Å². The van der Waals surface area contributed by atoms with Crippen LogP contribution in [0, 0.1) is 11.3 Å². The lowest BCUT2D eigenvalue weighted by Gasteiger charge is -2.49. The largest absolute Gasteiger partial charge is 0.463 e. The van der Waals surface area contributed by atoms with Crippen molar-refractivity contribution in [3.63, 3.8) is 0 Å². The van der Waals surface area contributed by atoms with E-state index in [1.807, 2.05) is 20.8 Å². The van der Waals surface area contributed by atoms with E-state index in [4.69, 9.17) is 18.9 Å². The highest BCUT2D eigenvalue weighted by molar-refractivity contribution is 5.67. The number of rotatable bonds is 4. The molecule has 1 rings (SSSR count). The summed E-state index contributed by atoms with van der Waals surface area (Å²) in [5.74, 6) is -1.67. The van der Waals surface area contributed by atoms with Crippen LogP contribution < -0.4 is 0 Å². The lowest BCUT2D eigenvalue weighted by atomic mass is 9.70. The van der Waals surface area contributed by atoms with E-state index in [9.17, 15) is 14.4 Å². The fourth-order valence-corrected chi connectivity index (χ4v) is 3.20. The van der Waals surface area contributed by atoms with Gasteiger partial charge in [0.2, 0.25) is 0 Å². The zero-order valence-corrected chi connectivity index (χ0v) is 15.5. The zero-order chi connectivity index (χ0) is 18.7. The Morgan fingerprint density at radius 1 is 0.917 bits per heavy atom. The lowest BCUT2D eigenvalue weighted by Crippen LogP contribution is -2.60. The van der Waals surface area contributed by atoms with Crippen LogP contribution in [0.2, 0.25) is 0 Å². The minimum Gasteiger partial charge on any atom is -0.463 e. The Kier molecular flexibility index (Phi) is 6.77. The summed E-state index contributed by atoms with van der Waals surface area (Å²) in [7, 11) is 0. The Morgan fingerprint density at radius 2 is 1.42 bits per heavy atom. The van der Waals surface area contributed by atoms with Gasteiger partial charge in [0, 0.05) is 26.7 Å². The molecule has 0 aromatic rings. The first-order valence-corrected chi connectivity index (χ1v) is 8.06. The number of hydrogen-bond donors (Lipinski definition) is 0. The van der Waals surface area contributed by atoms with Crippen LogP contribution in [0.3, 0.4) is 0 Å². The normalized spacial score (nSPS) is 30.4. The van der Waals surface area contributed by atoms with E-state index in [-0.39, 0.29) is 17.9 Å². The first-order chi connectivity index (χ1) is 10.9. The van der Waals surface area contributed by atoms with E-state index in [2.05, 4.69) is 0 Å². The average molecular weight is 344 g/mol. The minimum absolute atomic E-state index is 0.0478. The van der Waals surface area contributed by atoms with E-state index in [1.54, 1.807) is 6.92 Å². The van der Waals surface area contributed by atoms with Crippen molar-refractivity contribution in [2.45, 2.75) is 72.9 Å². The number of carbonyl (C=O) groups excluding carboxylic acids is 3. The molecule has 0 spiro atoms. The second kappa shape index (κ2) is 7.96. The molecule has 138 valence electrons. The summed E-state index contributed by atoms with van der Waals surface area (Å²) in [6, 6.07) is 0. The van der Waals surface area contributed by atoms with Gasteiger partial charge in [-0.2, -0.15) is 0 Å². The molecule has 1 heterocycles. The van der Waals surface area contributed by atoms with Crippen molar-refractivity contribution in [3.05, 3.63) is 0 Å². The highest BCUT2D eigenvalue weighted by Gasteiger charge is 2.52. The Bertz CT molecular complexity index is 480. The molecule has 0 aliphatic carbocycles. The van der Waals surface area contributed by atoms with Crippen molar-refractivity contribution in [2.75, 3.05) is 6.61 Å². The van der Waals surface area contributed by atoms with Gasteiger partial charge in [0.05, 0.1) is 12.2 Å². The van der Waals surface area contributed by atoms with Crippen LogP contribution in [0.1, 0.15) is 48.5 Å². The lowest BCUT2D eigenvalue weighted by molar-refractivity contribution is -0.242. The number of carbonyl (C=O) groups is 3. The molecule has 5 atom stereocenters. The van der Waals surface area contributed by atoms with Crippen molar-refractivity contribution >= 4 is 17.9 Å². The zero-order valence-electron chi connectivity index (χ0n) is 15.5. The van der Waals surface area contributed by atoms with Crippen molar-refractivity contribution in [2.24, 2.45) is 11.3 Å². The molecule has 0 saturated carbocycles. The van der Waals surface area contributed by atoms with Gasteiger partial charge in [-0.25, -0.2) is 0 Å². The molecule has 0 N–H and O–H groups in total. The van der Waals surface area contributed by atoms with Crippen LogP contribution in [0.25, 0.3) is 0 Å². The summed E-state index contributed by atoms with van der Waals surface area (Å²) in [6.07, 6.45) is -2.38. The maximum Gasteiger partial charge on any atom is 0.303 e. The molecule has 0 aromatic carbocycles. The topological polar surface area (TPSA) is 88.1 Å². The van der Waals surface area contributed by atoms with Gasteiger partial charge in [-0.3, -0.25) is 14.4 Å². The Hall–Kier alpha value is -1.63. The van der Waals surface area contributed by atoms with E-state index in [0.717, 1.165) is 0 Å². The van der Waals surface area contributed by atoms with Crippen LogP contribution in [-0.2, 0) is 33.3 Å². The fourth-order valence-electron chi connectivity index (χ4n) is 3.20. The van der Waals surface area contributed by atoms with Gasteiger partial charge < -0.3 is 18.9 Å². The first kappa shape index (κ1) is 20.4. The minimum atomic E-state index is -0.718. The maximum absolute atomic E-state index is 11.6. The molecular formula is C17H28O7. The van der Waals surface area contributed by atoms with E-state index in [0.29, 0.717) is 0 Å². The highest BCUT2D eigenvalue weighted by atomic mass is 16.6. The highest BCUT2D eigenvalue weighted by Crippen LogP contribution is 2.41. The Balaban J connectivity index is 3.19. The number of esters is 3. The maximum atomic E-state index is 11.6. The molecule has 1 saturated heterocycles. The summed E-state index contributed by atoms with van der Waals surface area (Å²) < 4.78 is 22.0. The van der Waals surface area contributed by atoms with Crippen molar-refractivity contribution in [1.82, 2.24) is 0 Å². The van der Waals surface area contributed by atoms with Gasteiger partial charge in [0.1, 0.15) is 12.7 Å². The van der Waals surface area contributed by atoms with Crippen molar-refractivity contribution < 1.29 is 33.3 Å². The third-order valence-corrected chi connectivity index (χ3v) is 3.99. The SMILES string of the molecule is CC(=O)OCC1OC(C)C(OC(C)=O)C(OC(C)=O)C1C(C)(C)C. The standard InChI is InChI=1S/C17H28O7/c1-9-15(23-11(3)19)16(24-12(4)20)14(17(5,6)7)13(22-9)8-21-10(2)18/h9,13-16H,8H2,1-7H3. The van der Waals surface area contributed by atoms with Crippen LogP contribution in [0.5, 0.6) is 0 Å². The third-order valence-electron chi connectivity index (χ3n) is 3.99. The number of ether oxygens (including phenoxy) is 4. The van der Waals surface area contributed by atoms with Crippen LogP contribution in [-0.4, -0.2) is 48.9 Å². The second-order valence-electron chi connectivity index (χ2n) is 7.22. The average Bonchev–Trinajstić information content (AvgIpc) is 2.37. The molecule has 0 aromatic heterocycles. The third kappa shape index (κ3) is 5.47. The van der Waals surface area contributed by atoms with Crippen LogP contribution >= 0.6 is 0 Å². The molecule has 1 fully saturated rings. The quantitative estimate of drug-likeness (QED) is 0.568. The van der Waals surface area contributed by atoms with Gasteiger partial charge in [-0.1, -0.05) is 20.8 Å². The molecule has 7 nitrogen and oxygen atoms in total. The molecule has 0 radical (unpaired) electrons. The van der Waals surface area contributed by atoms with Gasteiger partial charge >= 0.3 is 17.9 Å². The summed E-state index contributed by atoms with van der Waals surface area (Å²) >= 11 is 0. The molecule has 24 heavy (non-hydrogen) atoms. The van der Waals surface area contributed by atoms with Gasteiger partial charge in [0.25, 0.3) is 0 Å². The molecule has 0 amide bonds. The van der Waals surface area contributed by atoms with Crippen LogP contribution in [0.4, 0.5) is 0 Å². The summed E-state index contributed by atoms with van der Waals surface area (Å²) in [5.41, 5.74) is -0.344. The van der Waals surface area contributed by atoms with Crippen molar-refractivity contribution in [1.29, 1.82) is 0 Å². The molecular weight excluding hydrogens is 316 g/mol. The van der Waals surface area contributed by atoms with Gasteiger partial charge in [-0.15, -0.1) is 0 Å². The summed E-state index contributed by atoms with van der Waals surface area (Å²) in [6.45, 7) is 11.6. The van der Waals surface area contributed by atoms with E-state index >= 15 is 0 Å². The van der Waals surface area contributed by atoms with Crippen molar-refractivity contribution in [3.8, 4) is 0 Å². The van der Waals surface area contributed by atoms with Gasteiger partial charge in [0.15, 0.2) is 6.10 Å². The molecule has 5 unspecified atom stereocenters. The monoisotopic (exact) mass is 344 g/mol. The van der Waals surface area contributed by atoms with E-state index < -0.39 is 42.3 Å². The summed E-state index contributed by atoms with van der Waals surface area (Å²) in [5, 5.41) is 0. The number of hydrogen-bond acceptors (Lipinski definition) is 7. The second-order valence-corrected chi connectivity index (χ2v) is 7.22. The van der Waals surface area contributed by atoms with E-state index in [1.165, 1.54) is 20.8 Å². The smallest absolute Gasteiger partial charge is 0.303 e. The predicted octanol–water partition coefficient (Wildman–Crippen LogP) is 1.86. The first-order valence-electron chi connectivity index (χ1n) is 8.06. The molecule has 7 heteroatoms.